The molecule has 3 atom stereocenters. The van der Waals surface area contributed by atoms with Crippen molar-refractivity contribution in [1.82, 2.24) is 4.90 Å². The lowest BCUT2D eigenvalue weighted by Crippen LogP contribution is -2.46. The number of nitrogens with zero attached hydrogens (tertiary/aromatic N) is 1. The summed E-state index contributed by atoms with van der Waals surface area (Å²) < 4.78 is 28.7. The lowest BCUT2D eigenvalue weighted by atomic mass is 9.84. The van der Waals surface area contributed by atoms with Gasteiger partial charge < -0.3 is 9.64 Å². The molecule has 0 N–H and O–H groups in total. The molecule has 1 amide bonds. The Morgan fingerprint density at radius 2 is 1.88 bits per heavy atom. The number of benzene rings is 1. The summed E-state index contributed by atoms with van der Waals surface area (Å²) in [4.78, 5) is 27.4. The number of ether oxygens (including phenoxy) is 1. The van der Waals surface area contributed by atoms with Crippen LogP contribution in [0.15, 0.2) is 23.1 Å². The smallest absolute Gasteiger partial charge is 0.328 e. The topological polar surface area (TPSA) is 80.8 Å². The molecule has 0 bridgehead atoms. The minimum atomic E-state index is -3.42. The second kappa shape index (κ2) is 7.02. The number of carbonyl (C=O) groups excluding carboxylic acids is 2. The van der Waals surface area contributed by atoms with Crippen LogP contribution in [0.3, 0.4) is 0 Å². The molecular weight excluding hydrogens is 354 g/mol. The van der Waals surface area contributed by atoms with Gasteiger partial charge in [-0.15, -0.1) is 0 Å². The van der Waals surface area contributed by atoms with Crippen LogP contribution in [0.1, 0.15) is 48.0 Å². The van der Waals surface area contributed by atoms with Gasteiger partial charge in [-0.05, 0) is 49.8 Å². The predicted octanol–water partition coefficient (Wildman–Crippen LogP) is 2.34. The van der Waals surface area contributed by atoms with Crippen molar-refractivity contribution in [2.45, 2.75) is 56.0 Å². The third kappa shape index (κ3) is 3.37. The summed E-state index contributed by atoms with van der Waals surface area (Å²) in [6, 6.07) is 4.00. The minimum Gasteiger partial charge on any atom is -0.467 e. The summed E-state index contributed by atoms with van der Waals surface area (Å²) >= 11 is 0. The van der Waals surface area contributed by atoms with Gasteiger partial charge in [0, 0.05) is 17.9 Å². The van der Waals surface area contributed by atoms with Gasteiger partial charge in [0.25, 0.3) is 5.91 Å². The van der Waals surface area contributed by atoms with E-state index in [4.69, 9.17) is 4.74 Å². The maximum absolute atomic E-state index is 13.4. The number of hydrogen-bond acceptors (Lipinski definition) is 5. The normalized spacial score (nSPS) is 25.7. The Bertz CT molecular complexity index is 832. The number of likely N-dealkylation sites (tertiary alicyclic amines) is 1. The first kappa shape index (κ1) is 18.9. The number of amides is 1. The molecule has 1 heterocycles. The molecule has 1 aliphatic heterocycles. The van der Waals surface area contributed by atoms with Gasteiger partial charge >= 0.3 is 5.97 Å². The van der Waals surface area contributed by atoms with Crippen LogP contribution >= 0.6 is 0 Å². The molecule has 2 fully saturated rings. The molecule has 1 aromatic carbocycles. The molecule has 6 nitrogen and oxygen atoms in total. The Labute approximate surface area is 154 Å². The molecule has 0 aromatic heterocycles. The molecule has 26 heavy (non-hydrogen) atoms. The van der Waals surface area contributed by atoms with E-state index in [2.05, 4.69) is 0 Å². The van der Waals surface area contributed by atoms with Gasteiger partial charge in [0.1, 0.15) is 6.04 Å². The Balaban J connectivity index is 2.02. The van der Waals surface area contributed by atoms with E-state index in [1.54, 1.807) is 17.9 Å². The Morgan fingerprint density at radius 3 is 2.54 bits per heavy atom. The van der Waals surface area contributed by atoms with Gasteiger partial charge in [0.15, 0.2) is 9.84 Å². The summed E-state index contributed by atoms with van der Waals surface area (Å²) in [6.07, 6.45) is 5.75. The third-order valence-electron chi connectivity index (χ3n) is 5.66. The van der Waals surface area contributed by atoms with E-state index in [1.807, 2.05) is 0 Å². The molecule has 7 heteroatoms. The van der Waals surface area contributed by atoms with Crippen LogP contribution in [-0.4, -0.2) is 50.6 Å². The highest BCUT2D eigenvalue weighted by molar-refractivity contribution is 7.90. The number of methoxy groups -OCH3 is 1. The number of fused-ring (bicyclic) bond motifs is 1. The Hall–Kier alpha value is -1.89. The predicted molar refractivity (Wildman–Crippen MR) is 96.6 cm³/mol. The highest BCUT2D eigenvalue weighted by Crippen LogP contribution is 2.41. The molecule has 3 unspecified atom stereocenters. The molecule has 1 aromatic rings. The van der Waals surface area contributed by atoms with E-state index in [0.29, 0.717) is 23.5 Å². The van der Waals surface area contributed by atoms with Crippen molar-refractivity contribution in [2.24, 2.45) is 5.92 Å². The number of aryl methyl sites for hydroxylation is 1. The van der Waals surface area contributed by atoms with Crippen LogP contribution in [-0.2, 0) is 19.4 Å². The monoisotopic (exact) mass is 379 g/mol. The molecule has 1 aliphatic carbocycles. The number of esters is 1. The zero-order chi connectivity index (χ0) is 19.1. The van der Waals surface area contributed by atoms with Gasteiger partial charge in [-0.25, -0.2) is 13.2 Å². The van der Waals surface area contributed by atoms with E-state index >= 15 is 0 Å². The number of carbonyl (C=O) groups is 2. The van der Waals surface area contributed by atoms with Crippen molar-refractivity contribution >= 4 is 21.7 Å². The van der Waals surface area contributed by atoms with Gasteiger partial charge in [-0.1, -0.05) is 18.9 Å². The fraction of sp³-hybridized carbons (Fsp3) is 0.579. The van der Waals surface area contributed by atoms with Gasteiger partial charge in [0.05, 0.1) is 12.0 Å². The van der Waals surface area contributed by atoms with Crippen molar-refractivity contribution in [3.8, 4) is 0 Å². The number of hydrogen-bond donors (Lipinski definition) is 0. The van der Waals surface area contributed by atoms with Crippen LogP contribution in [0.5, 0.6) is 0 Å². The fourth-order valence-electron chi connectivity index (χ4n) is 4.30. The van der Waals surface area contributed by atoms with E-state index in [1.165, 1.54) is 19.2 Å². The number of sulfone groups is 1. The van der Waals surface area contributed by atoms with Gasteiger partial charge in [-0.3, -0.25) is 4.79 Å². The zero-order valence-electron chi connectivity index (χ0n) is 15.4. The summed E-state index contributed by atoms with van der Waals surface area (Å²) in [7, 11) is -2.08. The van der Waals surface area contributed by atoms with Crippen LogP contribution in [0, 0.1) is 12.8 Å². The largest absolute Gasteiger partial charge is 0.467 e. The van der Waals surface area contributed by atoms with Crippen LogP contribution in [0.2, 0.25) is 0 Å². The van der Waals surface area contributed by atoms with E-state index in [0.717, 1.165) is 31.9 Å². The van der Waals surface area contributed by atoms with Crippen LogP contribution < -0.4 is 0 Å². The maximum atomic E-state index is 13.4. The average molecular weight is 379 g/mol. The second-order valence-electron chi connectivity index (χ2n) is 7.35. The average Bonchev–Trinajstić information content (AvgIpc) is 2.99. The molecule has 0 spiro atoms. The highest BCUT2D eigenvalue weighted by atomic mass is 32.2. The van der Waals surface area contributed by atoms with Crippen LogP contribution in [0.25, 0.3) is 0 Å². The zero-order valence-corrected chi connectivity index (χ0v) is 16.2. The molecule has 1 saturated carbocycles. The van der Waals surface area contributed by atoms with Gasteiger partial charge in [0.2, 0.25) is 0 Å². The van der Waals surface area contributed by atoms with Crippen molar-refractivity contribution < 1.29 is 22.7 Å². The summed E-state index contributed by atoms with van der Waals surface area (Å²) in [6.45, 7) is 1.78. The van der Waals surface area contributed by atoms with E-state index in [-0.39, 0.29) is 16.8 Å². The summed E-state index contributed by atoms with van der Waals surface area (Å²) in [5.41, 5.74) is 1.04. The summed E-state index contributed by atoms with van der Waals surface area (Å²) in [5, 5.41) is 0. The van der Waals surface area contributed by atoms with E-state index < -0.39 is 21.8 Å². The second-order valence-corrected chi connectivity index (χ2v) is 9.36. The highest BCUT2D eigenvalue weighted by Gasteiger charge is 2.48. The first-order valence-electron chi connectivity index (χ1n) is 8.95. The minimum absolute atomic E-state index is 0.0154. The lowest BCUT2D eigenvalue weighted by molar-refractivity contribution is -0.145. The molecule has 2 aliphatic rings. The van der Waals surface area contributed by atoms with Crippen molar-refractivity contribution in [3.05, 3.63) is 29.3 Å². The first-order valence-corrected chi connectivity index (χ1v) is 10.8. The lowest BCUT2D eigenvalue weighted by Gasteiger charge is -2.33. The standard InChI is InChI=1S/C19H25NO5S/c1-12-8-9-14(26(3,23)24)11-15(12)18(21)20-16-7-5-4-6-13(16)10-17(20)19(22)25-2/h8-9,11,13,16-17H,4-7,10H2,1-3H3. The van der Waals surface area contributed by atoms with Crippen molar-refractivity contribution in [3.63, 3.8) is 0 Å². The third-order valence-corrected chi connectivity index (χ3v) is 6.77. The SMILES string of the molecule is COC(=O)C1CC2CCCCC2N1C(=O)c1cc(S(C)(=O)=O)ccc1C. The Kier molecular flexibility index (Phi) is 5.10. The van der Waals surface area contributed by atoms with E-state index in [9.17, 15) is 18.0 Å². The molecular formula is C19H25NO5S. The quantitative estimate of drug-likeness (QED) is 0.753. The molecule has 142 valence electrons. The molecule has 1 saturated heterocycles. The number of rotatable bonds is 3. The van der Waals surface area contributed by atoms with Gasteiger partial charge in [-0.2, -0.15) is 0 Å². The maximum Gasteiger partial charge on any atom is 0.328 e. The van der Waals surface area contributed by atoms with Crippen molar-refractivity contribution in [2.75, 3.05) is 13.4 Å². The molecule has 3 rings (SSSR count). The first-order chi connectivity index (χ1) is 12.2. The van der Waals surface area contributed by atoms with Crippen molar-refractivity contribution in [1.29, 1.82) is 0 Å². The molecule has 0 radical (unpaired) electrons. The van der Waals surface area contributed by atoms with Crippen LogP contribution in [0.4, 0.5) is 0 Å². The fourth-order valence-corrected chi connectivity index (χ4v) is 4.95. The Morgan fingerprint density at radius 1 is 1.19 bits per heavy atom. The summed E-state index contributed by atoms with van der Waals surface area (Å²) in [5.74, 6) is -0.377.